The number of hydrogen-bond acceptors (Lipinski definition) is 7. The van der Waals surface area contributed by atoms with Crippen LogP contribution in [0.2, 0.25) is 0 Å². The van der Waals surface area contributed by atoms with Crippen molar-refractivity contribution >= 4 is 41.5 Å². The highest BCUT2D eigenvalue weighted by molar-refractivity contribution is 5.85. The molecule has 0 bridgehead atoms. The number of rotatable bonds is 8. The van der Waals surface area contributed by atoms with Crippen molar-refractivity contribution in [3.05, 3.63) is 102 Å². The normalized spacial score (nSPS) is 11.3. The molecule has 0 aliphatic carbocycles. The Labute approximate surface area is 187 Å². The zero-order valence-electron chi connectivity index (χ0n) is 17.6. The van der Waals surface area contributed by atoms with E-state index >= 15 is 0 Å². The number of nitrogens with zero attached hydrogens (tertiary/aromatic N) is 4. The molecule has 0 atom stereocenters. The van der Waals surface area contributed by atoms with Crippen LogP contribution in [-0.2, 0) is 0 Å². The van der Waals surface area contributed by atoms with Crippen molar-refractivity contribution in [2.75, 3.05) is 16.1 Å². The van der Waals surface area contributed by atoms with Crippen LogP contribution >= 0.6 is 0 Å². The highest BCUT2D eigenvalue weighted by atomic mass is 15.4. The van der Waals surface area contributed by atoms with Gasteiger partial charge in [0.05, 0.1) is 6.21 Å². The molecule has 3 aromatic carbocycles. The van der Waals surface area contributed by atoms with Gasteiger partial charge in [0.1, 0.15) is 0 Å². The molecule has 7 heteroatoms. The van der Waals surface area contributed by atoms with Crippen LogP contribution in [0.25, 0.3) is 6.08 Å². The second-order valence-electron chi connectivity index (χ2n) is 6.96. The van der Waals surface area contributed by atoms with Crippen molar-refractivity contribution in [2.24, 2.45) is 5.10 Å². The molecule has 0 aliphatic heterocycles. The zero-order valence-corrected chi connectivity index (χ0v) is 17.6. The van der Waals surface area contributed by atoms with E-state index in [1.807, 2.05) is 104 Å². The maximum atomic E-state index is 4.48. The van der Waals surface area contributed by atoms with Crippen LogP contribution in [0.1, 0.15) is 12.5 Å². The minimum Gasteiger partial charge on any atom is -0.324 e. The third kappa shape index (κ3) is 6.24. The number of anilines is 5. The maximum Gasteiger partial charge on any atom is 0.250 e. The lowest BCUT2D eigenvalue weighted by molar-refractivity contribution is 1.04. The molecule has 32 heavy (non-hydrogen) atoms. The van der Waals surface area contributed by atoms with E-state index in [1.54, 1.807) is 6.21 Å². The van der Waals surface area contributed by atoms with Gasteiger partial charge in [0.2, 0.25) is 17.8 Å². The number of nitrogens with one attached hydrogen (secondary N) is 3. The summed E-state index contributed by atoms with van der Waals surface area (Å²) in [6, 6.07) is 29.5. The SMILES string of the molecule is C/C(C=NNc1nc(Nc2ccccc2)nc(Nc2ccccc2)n1)=C\c1ccccc1. The largest absolute Gasteiger partial charge is 0.324 e. The Balaban J connectivity index is 1.53. The third-order valence-corrected chi connectivity index (χ3v) is 4.32. The summed E-state index contributed by atoms with van der Waals surface area (Å²) in [5.74, 6) is 1.12. The van der Waals surface area contributed by atoms with Crippen LogP contribution in [0.5, 0.6) is 0 Å². The van der Waals surface area contributed by atoms with E-state index in [9.17, 15) is 0 Å². The monoisotopic (exact) mass is 421 g/mol. The first-order chi connectivity index (χ1) is 15.7. The van der Waals surface area contributed by atoms with Crippen LogP contribution in [-0.4, -0.2) is 21.2 Å². The van der Waals surface area contributed by atoms with Crippen molar-refractivity contribution in [3.63, 3.8) is 0 Å². The van der Waals surface area contributed by atoms with Crippen molar-refractivity contribution in [2.45, 2.75) is 6.92 Å². The molecule has 4 rings (SSSR count). The molecule has 0 amide bonds. The van der Waals surface area contributed by atoms with Gasteiger partial charge >= 0.3 is 0 Å². The second kappa shape index (κ2) is 10.5. The summed E-state index contributed by atoms with van der Waals surface area (Å²) >= 11 is 0. The average molecular weight is 422 g/mol. The van der Waals surface area contributed by atoms with E-state index in [2.05, 4.69) is 36.1 Å². The Bertz CT molecular complexity index is 1130. The topological polar surface area (TPSA) is 87.1 Å². The number of aromatic nitrogens is 3. The smallest absolute Gasteiger partial charge is 0.250 e. The first kappa shape index (κ1) is 20.7. The Morgan fingerprint density at radius 1 is 0.656 bits per heavy atom. The van der Waals surface area contributed by atoms with Crippen molar-refractivity contribution < 1.29 is 0 Å². The van der Waals surface area contributed by atoms with E-state index in [0.717, 1.165) is 22.5 Å². The fourth-order valence-electron chi connectivity index (χ4n) is 2.88. The first-order valence-corrected chi connectivity index (χ1v) is 10.2. The molecule has 3 N–H and O–H groups in total. The number of hydrogen-bond donors (Lipinski definition) is 3. The quantitative estimate of drug-likeness (QED) is 0.244. The molecule has 0 unspecified atom stereocenters. The molecular formula is C25H23N7. The van der Waals surface area contributed by atoms with Gasteiger partial charge in [-0.05, 0) is 42.3 Å². The van der Waals surface area contributed by atoms with Crippen LogP contribution in [0.4, 0.5) is 29.2 Å². The maximum absolute atomic E-state index is 4.48. The molecule has 0 spiro atoms. The fourth-order valence-corrected chi connectivity index (χ4v) is 2.88. The predicted molar refractivity (Wildman–Crippen MR) is 131 cm³/mol. The van der Waals surface area contributed by atoms with Gasteiger partial charge < -0.3 is 10.6 Å². The summed E-state index contributed by atoms with van der Waals surface area (Å²) in [5, 5.41) is 10.7. The van der Waals surface area contributed by atoms with Crippen LogP contribution in [0, 0.1) is 0 Å². The van der Waals surface area contributed by atoms with E-state index in [-0.39, 0.29) is 0 Å². The molecule has 0 saturated carbocycles. The highest BCUT2D eigenvalue weighted by Crippen LogP contribution is 2.18. The highest BCUT2D eigenvalue weighted by Gasteiger charge is 2.07. The van der Waals surface area contributed by atoms with Crippen molar-refractivity contribution in [1.82, 2.24) is 15.0 Å². The van der Waals surface area contributed by atoms with Gasteiger partial charge in [-0.3, -0.25) is 0 Å². The minimum absolute atomic E-state index is 0.320. The molecule has 1 heterocycles. The van der Waals surface area contributed by atoms with E-state index in [1.165, 1.54) is 0 Å². The summed E-state index contributed by atoms with van der Waals surface area (Å²) in [7, 11) is 0. The number of allylic oxidation sites excluding steroid dienone is 1. The van der Waals surface area contributed by atoms with E-state index in [4.69, 9.17) is 0 Å². The number of para-hydroxylation sites is 2. The predicted octanol–water partition coefficient (Wildman–Crippen LogP) is 5.86. The summed E-state index contributed by atoms with van der Waals surface area (Å²) in [5.41, 5.74) is 6.75. The Kier molecular flexibility index (Phi) is 6.80. The van der Waals surface area contributed by atoms with Crippen LogP contribution in [0.3, 0.4) is 0 Å². The van der Waals surface area contributed by atoms with Gasteiger partial charge in [-0.1, -0.05) is 72.8 Å². The van der Waals surface area contributed by atoms with Gasteiger partial charge in [-0.25, -0.2) is 5.43 Å². The van der Waals surface area contributed by atoms with Gasteiger partial charge in [-0.15, -0.1) is 0 Å². The minimum atomic E-state index is 0.320. The molecule has 7 nitrogen and oxygen atoms in total. The van der Waals surface area contributed by atoms with Crippen LogP contribution < -0.4 is 16.1 Å². The molecule has 0 aliphatic rings. The second-order valence-corrected chi connectivity index (χ2v) is 6.96. The molecule has 0 fully saturated rings. The molecular weight excluding hydrogens is 398 g/mol. The van der Waals surface area contributed by atoms with Crippen LogP contribution in [0.15, 0.2) is 102 Å². The Hall–Kier alpha value is -4.52. The molecule has 4 aromatic rings. The third-order valence-electron chi connectivity index (χ3n) is 4.32. The summed E-state index contributed by atoms with van der Waals surface area (Å²) in [4.78, 5) is 13.3. The lowest BCUT2D eigenvalue weighted by atomic mass is 10.1. The first-order valence-electron chi connectivity index (χ1n) is 10.2. The molecule has 0 radical (unpaired) electrons. The Morgan fingerprint density at radius 3 is 1.66 bits per heavy atom. The van der Waals surface area contributed by atoms with Crippen molar-refractivity contribution in [3.8, 4) is 0 Å². The van der Waals surface area contributed by atoms with Gasteiger partial charge in [0, 0.05) is 11.4 Å². The number of hydrazone groups is 1. The summed E-state index contributed by atoms with van der Waals surface area (Å²) < 4.78 is 0. The van der Waals surface area contributed by atoms with E-state index < -0.39 is 0 Å². The summed E-state index contributed by atoms with van der Waals surface area (Å²) in [6.45, 7) is 1.98. The lowest BCUT2D eigenvalue weighted by Gasteiger charge is -2.10. The molecule has 1 aromatic heterocycles. The lowest BCUT2D eigenvalue weighted by Crippen LogP contribution is -2.07. The molecule has 0 saturated heterocycles. The standard InChI is InChI=1S/C25H23N7/c1-19(17-20-11-5-2-6-12-20)18-26-32-25-30-23(27-21-13-7-3-8-14-21)29-24(31-25)28-22-15-9-4-10-16-22/h2-18H,1H3,(H3,27,28,29,30,31,32)/b19-17+,26-18?. The van der Waals surface area contributed by atoms with Gasteiger partial charge in [-0.2, -0.15) is 20.1 Å². The van der Waals surface area contributed by atoms with E-state index in [0.29, 0.717) is 17.8 Å². The molecule has 158 valence electrons. The van der Waals surface area contributed by atoms with Gasteiger partial charge in [0.25, 0.3) is 0 Å². The number of benzene rings is 3. The summed E-state index contributed by atoms with van der Waals surface area (Å²) in [6.07, 6.45) is 3.77. The zero-order chi connectivity index (χ0) is 22.0. The van der Waals surface area contributed by atoms with Gasteiger partial charge in [0.15, 0.2) is 0 Å². The average Bonchev–Trinajstić information content (AvgIpc) is 2.81. The Morgan fingerprint density at radius 2 is 1.12 bits per heavy atom. The fraction of sp³-hybridized carbons (Fsp3) is 0.0400. The van der Waals surface area contributed by atoms with Crippen molar-refractivity contribution in [1.29, 1.82) is 0 Å².